The standard InChI is InChI=1S/C31H27Cl2N3O3/c1-2-34-30(38)27(17-20-8-4-3-5-9-20)35(18-21-14-15-24(32)25(33)16-21)28(37)19-36-26-13-7-11-22-10-6-12-23(29(22)26)31(36)39/h3-16,27H,2,17-19H2,1H3,(H,34,38)/t27-/m1/s1. The van der Waals surface area contributed by atoms with E-state index >= 15 is 0 Å². The van der Waals surface area contributed by atoms with Gasteiger partial charge < -0.3 is 10.2 Å². The van der Waals surface area contributed by atoms with E-state index in [1.807, 2.05) is 67.6 Å². The van der Waals surface area contributed by atoms with Gasteiger partial charge in [-0.25, -0.2) is 0 Å². The van der Waals surface area contributed by atoms with E-state index in [2.05, 4.69) is 5.32 Å². The molecule has 4 aromatic carbocycles. The van der Waals surface area contributed by atoms with Crippen LogP contribution in [0.25, 0.3) is 10.8 Å². The van der Waals surface area contributed by atoms with Gasteiger partial charge in [-0.2, -0.15) is 0 Å². The van der Waals surface area contributed by atoms with Crippen LogP contribution in [0.3, 0.4) is 0 Å². The van der Waals surface area contributed by atoms with Crippen molar-refractivity contribution in [1.29, 1.82) is 0 Å². The SMILES string of the molecule is CCNC(=O)[C@@H](Cc1ccccc1)N(Cc1ccc(Cl)c(Cl)c1)C(=O)CN1C(=O)c2cccc3cccc1c23. The van der Waals surface area contributed by atoms with Crippen LogP contribution in [-0.4, -0.2) is 41.8 Å². The summed E-state index contributed by atoms with van der Waals surface area (Å²) >= 11 is 12.4. The molecule has 0 spiro atoms. The first-order chi connectivity index (χ1) is 18.9. The van der Waals surface area contributed by atoms with E-state index in [0.29, 0.717) is 34.3 Å². The average Bonchev–Trinajstić information content (AvgIpc) is 3.21. The first-order valence-corrected chi connectivity index (χ1v) is 13.5. The van der Waals surface area contributed by atoms with Crippen molar-refractivity contribution in [3.05, 3.63) is 112 Å². The Hall–Kier alpha value is -3.87. The monoisotopic (exact) mass is 559 g/mol. The molecule has 3 amide bonds. The molecule has 39 heavy (non-hydrogen) atoms. The van der Waals surface area contributed by atoms with Gasteiger partial charge in [0, 0.05) is 30.5 Å². The van der Waals surface area contributed by atoms with E-state index in [1.165, 1.54) is 9.80 Å². The molecule has 5 rings (SSSR count). The zero-order chi connectivity index (χ0) is 27.5. The van der Waals surface area contributed by atoms with Crippen LogP contribution in [-0.2, 0) is 22.6 Å². The fourth-order valence-electron chi connectivity index (χ4n) is 5.04. The number of nitrogens with zero attached hydrogens (tertiary/aromatic N) is 2. The molecular formula is C31H27Cl2N3O3. The van der Waals surface area contributed by atoms with Crippen molar-refractivity contribution in [3.63, 3.8) is 0 Å². The van der Waals surface area contributed by atoms with Crippen molar-refractivity contribution >= 4 is 57.4 Å². The second-order valence-corrected chi connectivity index (χ2v) is 10.3. The molecule has 198 valence electrons. The maximum Gasteiger partial charge on any atom is 0.259 e. The first-order valence-electron chi connectivity index (χ1n) is 12.8. The Labute approximate surface area is 237 Å². The molecule has 0 saturated heterocycles. The number of hydrogen-bond acceptors (Lipinski definition) is 3. The molecule has 0 aromatic heterocycles. The summed E-state index contributed by atoms with van der Waals surface area (Å²) in [4.78, 5) is 44.0. The predicted molar refractivity (Wildman–Crippen MR) is 155 cm³/mol. The summed E-state index contributed by atoms with van der Waals surface area (Å²) in [6, 6.07) is 25.1. The molecule has 0 aliphatic carbocycles. The van der Waals surface area contributed by atoms with Crippen molar-refractivity contribution in [1.82, 2.24) is 10.2 Å². The van der Waals surface area contributed by atoms with Gasteiger partial charge in [0.1, 0.15) is 12.6 Å². The van der Waals surface area contributed by atoms with Crippen LogP contribution in [0, 0.1) is 0 Å². The smallest absolute Gasteiger partial charge is 0.259 e. The molecule has 0 saturated carbocycles. The maximum atomic E-state index is 14.1. The quantitative estimate of drug-likeness (QED) is 0.278. The Morgan fingerprint density at radius 2 is 1.64 bits per heavy atom. The third-order valence-electron chi connectivity index (χ3n) is 6.90. The Kier molecular flexibility index (Phi) is 7.87. The average molecular weight is 560 g/mol. The van der Waals surface area contributed by atoms with Crippen molar-refractivity contribution in [3.8, 4) is 0 Å². The van der Waals surface area contributed by atoms with Gasteiger partial charge >= 0.3 is 0 Å². The first kappa shape index (κ1) is 26.7. The lowest BCUT2D eigenvalue weighted by atomic mass is 10.0. The largest absolute Gasteiger partial charge is 0.355 e. The van der Waals surface area contributed by atoms with Gasteiger partial charge in [0.15, 0.2) is 0 Å². The maximum absolute atomic E-state index is 14.1. The van der Waals surface area contributed by atoms with E-state index < -0.39 is 6.04 Å². The van der Waals surface area contributed by atoms with Gasteiger partial charge in [0.2, 0.25) is 11.8 Å². The fraction of sp³-hybridized carbons (Fsp3) is 0.194. The summed E-state index contributed by atoms with van der Waals surface area (Å²) in [7, 11) is 0. The molecule has 8 heteroatoms. The second-order valence-electron chi connectivity index (χ2n) is 9.44. The second kappa shape index (κ2) is 11.5. The third-order valence-corrected chi connectivity index (χ3v) is 7.64. The molecule has 1 atom stereocenters. The molecule has 1 N–H and O–H groups in total. The summed E-state index contributed by atoms with van der Waals surface area (Å²) in [6.07, 6.45) is 0.309. The molecule has 4 aromatic rings. The Bertz CT molecular complexity index is 1550. The molecule has 6 nitrogen and oxygen atoms in total. The Morgan fingerprint density at radius 3 is 2.36 bits per heavy atom. The van der Waals surface area contributed by atoms with Crippen molar-refractivity contribution < 1.29 is 14.4 Å². The van der Waals surface area contributed by atoms with Crippen molar-refractivity contribution in [2.45, 2.75) is 25.9 Å². The van der Waals surface area contributed by atoms with E-state index in [-0.39, 0.29) is 30.8 Å². The summed E-state index contributed by atoms with van der Waals surface area (Å²) in [6.45, 7) is 2.16. The van der Waals surface area contributed by atoms with E-state index in [0.717, 1.165) is 21.9 Å². The lowest BCUT2D eigenvalue weighted by Gasteiger charge is -2.33. The van der Waals surface area contributed by atoms with Crippen LogP contribution in [0.1, 0.15) is 28.4 Å². The molecule has 0 unspecified atom stereocenters. The minimum atomic E-state index is -0.815. The van der Waals surface area contributed by atoms with Gasteiger partial charge in [-0.3, -0.25) is 19.3 Å². The van der Waals surface area contributed by atoms with Crippen LogP contribution < -0.4 is 10.2 Å². The minimum Gasteiger partial charge on any atom is -0.355 e. The highest BCUT2D eigenvalue weighted by atomic mass is 35.5. The third kappa shape index (κ3) is 5.49. The fourth-order valence-corrected chi connectivity index (χ4v) is 5.36. The van der Waals surface area contributed by atoms with Gasteiger partial charge in [0.25, 0.3) is 5.91 Å². The number of carbonyl (C=O) groups is 3. The lowest BCUT2D eigenvalue weighted by molar-refractivity contribution is -0.140. The van der Waals surface area contributed by atoms with Gasteiger partial charge in [0.05, 0.1) is 15.7 Å². The lowest BCUT2D eigenvalue weighted by Crippen LogP contribution is -2.53. The number of hydrogen-bond donors (Lipinski definition) is 1. The minimum absolute atomic E-state index is 0.115. The number of benzene rings is 4. The van der Waals surface area contributed by atoms with Crippen molar-refractivity contribution in [2.24, 2.45) is 0 Å². The topological polar surface area (TPSA) is 69.7 Å². The van der Waals surface area contributed by atoms with E-state index in [9.17, 15) is 14.4 Å². The number of carbonyl (C=O) groups excluding carboxylic acids is 3. The molecule has 0 fully saturated rings. The molecule has 1 aliphatic heterocycles. The highest BCUT2D eigenvalue weighted by Crippen LogP contribution is 2.37. The highest BCUT2D eigenvalue weighted by molar-refractivity contribution is 6.42. The number of nitrogens with one attached hydrogen (secondary N) is 1. The summed E-state index contributed by atoms with van der Waals surface area (Å²) in [5, 5.41) is 5.40. The van der Waals surface area contributed by atoms with E-state index in [4.69, 9.17) is 23.2 Å². The van der Waals surface area contributed by atoms with Crippen LogP contribution >= 0.6 is 23.2 Å². The number of rotatable bonds is 9. The number of likely N-dealkylation sites (N-methyl/N-ethyl adjacent to an activating group) is 1. The summed E-state index contributed by atoms with van der Waals surface area (Å²) in [5.41, 5.74) is 2.89. The predicted octanol–water partition coefficient (Wildman–Crippen LogP) is 5.88. The number of halogens is 2. The number of amides is 3. The Balaban J connectivity index is 1.52. The molecule has 1 aliphatic rings. The van der Waals surface area contributed by atoms with Gasteiger partial charge in [-0.05, 0) is 47.7 Å². The molecule has 1 heterocycles. The van der Waals surface area contributed by atoms with Crippen LogP contribution in [0.4, 0.5) is 5.69 Å². The zero-order valence-electron chi connectivity index (χ0n) is 21.4. The molecular weight excluding hydrogens is 533 g/mol. The van der Waals surface area contributed by atoms with Crippen LogP contribution in [0.2, 0.25) is 10.0 Å². The van der Waals surface area contributed by atoms with Gasteiger partial charge in [-0.1, -0.05) is 83.9 Å². The summed E-state index contributed by atoms with van der Waals surface area (Å²) < 4.78 is 0. The zero-order valence-corrected chi connectivity index (χ0v) is 22.9. The van der Waals surface area contributed by atoms with Gasteiger partial charge in [-0.15, -0.1) is 0 Å². The Morgan fingerprint density at radius 1 is 0.897 bits per heavy atom. The van der Waals surface area contributed by atoms with Crippen LogP contribution in [0.5, 0.6) is 0 Å². The van der Waals surface area contributed by atoms with E-state index in [1.54, 1.807) is 24.3 Å². The molecule has 0 bridgehead atoms. The van der Waals surface area contributed by atoms with Crippen LogP contribution in [0.15, 0.2) is 84.9 Å². The normalized spacial score (nSPS) is 13.0. The van der Waals surface area contributed by atoms with Crippen molar-refractivity contribution in [2.75, 3.05) is 18.0 Å². The summed E-state index contributed by atoms with van der Waals surface area (Å²) in [5.74, 6) is -0.860. The number of anilines is 1. The highest BCUT2D eigenvalue weighted by Gasteiger charge is 2.35. The molecule has 0 radical (unpaired) electrons.